The molecule has 21 heavy (non-hydrogen) atoms. The molecule has 0 heterocycles. The molecule has 0 atom stereocenters. The molecule has 0 radical (unpaired) electrons. The van der Waals surface area contributed by atoms with Crippen LogP contribution in [0.3, 0.4) is 0 Å². The van der Waals surface area contributed by atoms with Gasteiger partial charge < -0.3 is 5.73 Å². The second-order valence-electron chi connectivity index (χ2n) is 5.57. The summed E-state index contributed by atoms with van der Waals surface area (Å²) in [5.74, 6) is 0. The van der Waals surface area contributed by atoms with Crippen molar-refractivity contribution in [1.82, 2.24) is 0 Å². The normalized spacial score (nSPS) is 12.0. The van der Waals surface area contributed by atoms with Crippen LogP contribution >= 0.6 is 0 Å². The van der Waals surface area contributed by atoms with Gasteiger partial charge in [0.2, 0.25) is 0 Å². The lowest BCUT2D eigenvalue weighted by atomic mass is 9.95. The van der Waals surface area contributed by atoms with Crippen molar-refractivity contribution < 1.29 is 0 Å². The summed E-state index contributed by atoms with van der Waals surface area (Å²) in [6.07, 6.45) is 1.02. The Bertz CT molecular complexity index is 818. The average molecular weight is 271 g/mol. The zero-order valence-electron chi connectivity index (χ0n) is 11.8. The maximum absolute atomic E-state index is 5.78. The number of nitrogens with two attached hydrogens (primary N) is 1. The summed E-state index contributed by atoms with van der Waals surface area (Å²) >= 11 is 0. The molecular formula is C20H17N. The fourth-order valence-corrected chi connectivity index (χ4v) is 3.29. The van der Waals surface area contributed by atoms with Crippen molar-refractivity contribution in [2.45, 2.75) is 13.0 Å². The van der Waals surface area contributed by atoms with Crippen LogP contribution in [-0.2, 0) is 13.0 Å². The molecule has 0 saturated heterocycles. The molecule has 1 nitrogen and oxygen atoms in total. The van der Waals surface area contributed by atoms with E-state index in [9.17, 15) is 0 Å². The highest BCUT2D eigenvalue weighted by molar-refractivity contribution is 5.84. The van der Waals surface area contributed by atoms with Gasteiger partial charge in [0.05, 0.1) is 0 Å². The fourth-order valence-electron chi connectivity index (χ4n) is 3.29. The maximum atomic E-state index is 5.78. The molecule has 2 N–H and O–H groups in total. The minimum Gasteiger partial charge on any atom is -0.326 e. The Morgan fingerprint density at radius 1 is 0.762 bits per heavy atom. The van der Waals surface area contributed by atoms with Gasteiger partial charge >= 0.3 is 0 Å². The van der Waals surface area contributed by atoms with Gasteiger partial charge in [-0.05, 0) is 51.4 Å². The van der Waals surface area contributed by atoms with E-state index >= 15 is 0 Å². The third kappa shape index (κ3) is 1.98. The van der Waals surface area contributed by atoms with Gasteiger partial charge in [0.1, 0.15) is 0 Å². The van der Waals surface area contributed by atoms with Crippen LogP contribution in [-0.4, -0.2) is 0 Å². The third-order valence-electron chi connectivity index (χ3n) is 4.32. The monoisotopic (exact) mass is 271 g/mol. The number of rotatable bonds is 2. The lowest BCUT2D eigenvalue weighted by molar-refractivity contribution is 1.07. The lowest BCUT2D eigenvalue weighted by Crippen LogP contribution is -1.96. The van der Waals surface area contributed by atoms with E-state index < -0.39 is 0 Å². The molecule has 3 aromatic carbocycles. The summed E-state index contributed by atoms with van der Waals surface area (Å²) in [6, 6.07) is 23.9. The Kier molecular flexibility index (Phi) is 2.87. The van der Waals surface area contributed by atoms with Crippen LogP contribution in [0.25, 0.3) is 22.3 Å². The summed E-state index contributed by atoms with van der Waals surface area (Å²) < 4.78 is 0. The predicted molar refractivity (Wildman–Crippen MR) is 88.0 cm³/mol. The number of hydrogen-bond acceptors (Lipinski definition) is 1. The predicted octanol–water partition coefficient (Wildman–Crippen LogP) is 4.38. The van der Waals surface area contributed by atoms with E-state index in [-0.39, 0.29) is 0 Å². The Morgan fingerprint density at radius 3 is 2.43 bits per heavy atom. The van der Waals surface area contributed by atoms with Gasteiger partial charge in [-0.25, -0.2) is 0 Å². The minimum absolute atomic E-state index is 0.586. The zero-order chi connectivity index (χ0) is 14.2. The summed E-state index contributed by atoms with van der Waals surface area (Å²) in [5.41, 5.74) is 15.2. The highest BCUT2D eigenvalue weighted by Gasteiger charge is 2.20. The molecule has 4 rings (SSSR count). The fraction of sp³-hybridized carbons (Fsp3) is 0.100. The van der Waals surface area contributed by atoms with Gasteiger partial charge in [0.25, 0.3) is 0 Å². The van der Waals surface area contributed by atoms with Gasteiger partial charge in [-0.15, -0.1) is 0 Å². The average Bonchev–Trinajstić information content (AvgIpc) is 2.93. The van der Waals surface area contributed by atoms with Crippen LogP contribution in [0.5, 0.6) is 0 Å². The largest absolute Gasteiger partial charge is 0.326 e. The van der Waals surface area contributed by atoms with E-state index in [2.05, 4.69) is 66.7 Å². The number of benzene rings is 3. The van der Waals surface area contributed by atoms with Gasteiger partial charge in [-0.2, -0.15) is 0 Å². The highest BCUT2D eigenvalue weighted by Crippen LogP contribution is 2.41. The van der Waals surface area contributed by atoms with E-state index in [1.165, 1.54) is 38.9 Å². The summed E-state index contributed by atoms with van der Waals surface area (Å²) in [6.45, 7) is 0.586. The van der Waals surface area contributed by atoms with Crippen LogP contribution < -0.4 is 5.73 Å². The summed E-state index contributed by atoms with van der Waals surface area (Å²) in [5, 5.41) is 0. The van der Waals surface area contributed by atoms with Crippen LogP contribution in [0.15, 0.2) is 66.7 Å². The smallest absolute Gasteiger partial charge is 0.0178 e. The van der Waals surface area contributed by atoms with Crippen LogP contribution in [0.1, 0.15) is 16.7 Å². The van der Waals surface area contributed by atoms with Crippen molar-refractivity contribution in [1.29, 1.82) is 0 Å². The van der Waals surface area contributed by atoms with Crippen molar-refractivity contribution in [2.24, 2.45) is 5.73 Å². The highest BCUT2D eigenvalue weighted by atomic mass is 14.5. The van der Waals surface area contributed by atoms with Gasteiger partial charge in [-0.3, -0.25) is 0 Å². The quantitative estimate of drug-likeness (QED) is 0.575. The van der Waals surface area contributed by atoms with Gasteiger partial charge in [0.15, 0.2) is 0 Å². The molecule has 1 heteroatoms. The first-order chi connectivity index (χ1) is 10.4. The van der Waals surface area contributed by atoms with Crippen molar-refractivity contribution in [2.75, 3.05) is 0 Å². The van der Waals surface area contributed by atoms with E-state index in [1.54, 1.807) is 0 Å². The van der Waals surface area contributed by atoms with E-state index in [4.69, 9.17) is 5.73 Å². The van der Waals surface area contributed by atoms with E-state index in [0.717, 1.165) is 6.42 Å². The van der Waals surface area contributed by atoms with Crippen molar-refractivity contribution >= 4 is 0 Å². The first-order valence-corrected chi connectivity index (χ1v) is 7.36. The molecule has 0 spiro atoms. The van der Waals surface area contributed by atoms with Crippen LogP contribution in [0, 0.1) is 0 Å². The molecule has 0 amide bonds. The molecule has 1 aliphatic carbocycles. The number of hydrogen-bond donors (Lipinski definition) is 1. The maximum Gasteiger partial charge on any atom is 0.0178 e. The number of fused-ring (bicyclic) bond motifs is 3. The SMILES string of the molecule is NCc1cccc(-c2cccc3c2Cc2ccccc2-3)c1. The van der Waals surface area contributed by atoms with Gasteiger partial charge in [-0.1, -0.05) is 60.7 Å². The Hall–Kier alpha value is -2.38. The van der Waals surface area contributed by atoms with Crippen molar-refractivity contribution in [3.05, 3.63) is 83.4 Å². The molecule has 0 aromatic heterocycles. The first-order valence-electron chi connectivity index (χ1n) is 7.36. The second kappa shape index (κ2) is 4.87. The topological polar surface area (TPSA) is 26.0 Å². The summed E-state index contributed by atoms with van der Waals surface area (Å²) in [7, 11) is 0. The Balaban J connectivity index is 1.90. The molecule has 3 aromatic rings. The molecule has 0 saturated carbocycles. The molecule has 0 bridgehead atoms. The molecule has 102 valence electrons. The lowest BCUT2D eigenvalue weighted by Gasteiger charge is -2.10. The van der Waals surface area contributed by atoms with Crippen molar-refractivity contribution in [3.63, 3.8) is 0 Å². The molecule has 0 fully saturated rings. The first kappa shape index (κ1) is 12.4. The standard InChI is InChI=1S/C20H17N/c21-13-14-5-3-7-15(11-14)18-9-4-10-19-17-8-2-1-6-16(17)12-20(18)19/h1-11H,12-13,21H2. The molecule has 1 aliphatic rings. The van der Waals surface area contributed by atoms with Gasteiger partial charge in [0, 0.05) is 6.54 Å². The minimum atomic E-state index is 0.586. The zero-order valence-corrected chi connectivity index (χ0v) is 11.8. The van der Waals surface area contributed by atoms with E-state index in [0.29, 0.717) is 6.54 Å². The Morgan fingerprint density at radius 2 is 1.52 bits per heavy atom. The van der Waals surface area contributed by atoms with Crippen LogP contribution in [0.2, 0.25) is 0 Å². The van der Waals surface area contributed by atoms with Crippen molar-refractivity contribution in [3.8, 4) is 22.3 Å². The second-order valence-corrected chi connectivity index (χ2v) is 5.57. The third-order valence-corrected chi connectivity index (χ3v) is 4.32. The van der Waals surface area contributed by atoms with Crippen LogP contribution in [0.4, 0.5) is 0 Å². The van der Waals surface area contributed by atoms with E-state index in [1.807, 2.05) is 0 Å². The summed E-state index contributed by atoms with van der Waals surface area (Å²) in [4.78, 5) is 0. The molecule has 0 unspecified atom stereocenters. The molecular weight excluding hydrogens is 254 g/mol. The molecule has 0 aliphatic heterocycles. The Labute approximate surface area is 125 Å².